The standard InChI is InChI=1S/C15H19ClO5/c1-3-20-15(18)13(17)12-10(16)6-7-11(19-2)14(12)21-8-9-4-5-9/h6-7,9,13,17H,3-5,8H2,1-2H3. The predicted molar refractivity (Wildman–Crippen MR) is 77.8 cm³/mol. The molecule has 6 heteroatoms. The number of ether oxygens (including phenoxy) is 3. The number of aliphatic hydroxyl groups is 1. The molecule has 21 heavy (non-hydrogen) atoms. The van der Waals surface area contributed by atoms with Gasteiger partial charge in [0.25, 0.3) is 0 Å². The Bertz CT molecular complexity index is 513. The Balaban J connectivity index is 2.32. The van der Waals surface area contributed by atoms with Gasteiger partial charge in [0.1, 0.15) is 0 Å². The highest BCUT2D eigenvalue weighted by Gasteiger charge is 2.29. The molecule has 1 unspecified atom stereocenters. The van der Waals surface area contributed by atoms with E-state index >= 15 is 0 Å². The van der Waals surface area contributed by atoms with Crippen LogP contribution in [0.5, 0.6) is 11.5 Å². The van der Waals surface area contributed by atoms with Crippen LogP contribution in [-0.4, -0.2) is 31.4 Å². The van der Waals surface area contributed by atoms with Gasteiger partial charge in [-0.2, -0.15) is 0 Å². The summed E-state index contributed by atoms with van der Waals surface area (Å²) in [7, 11) is 1.49. The minimum Gasteiger partial charge on any atom is -0.493 e. The van der Waals surface area contributed by atoms with Crippen molar-refractivity contribution >= 4 is 17.6 Å². The maximum absolute atomic E-state index is 11.8. The molecule has 0 saturated heterocycles. The maximum Gasteiger partial charge on any atom is 0.339 e. The molecule has 1 N–H and O–H groups in total. The quantitative estimate of drug-likeness (QED) is 0.784. The molecule has 0 amide bonds. The third-order valence-corrected chi connectivity index (χ3v) is 3.60. The van der Waals surface area contributed by atoms with Gasteiger partial charge in [-0.15, -0.1) is 0 Å². The molecule has 0 aliphatic heterocycles. The summed E-state index contributed by atoms with van der Waals surface area (Å²) in [5.41, 5.74) is 0.190. The van der Waals surface area contributed by atoms with Crippen LogP contribution in [0.4, 0.5) is 0 Å². The lowest BCUT2D eigenvalue weighted by molar-refractivity contribution is -0.153. The molecular formula is C15H19ClO5. The lowest BCUT2D eigenvalue weighted by Crippen LogP contribution is -2.17. The average Bonchev–Trinajstić information content (AvgIpc) is 3.29. The maximum atomic E-state index is 11.8. The fourth-order valence-electron chi connectivity index (χ4n) is 1.94. The Hall–Kier alpha value is -1.46. The molecule has 1 aliphatic carbocycles. The second-order valence-electron chi connectivity index (χ2n) is 4.90. The summed E-state index contributed by atoms with van der Waals surface area (Å²) in [6.45, 7) is 2.36. The molecule has 5 nitrogen and oxygen atoms in total. The number of hydrogen-bond acceptors (Lipinski definition) is 5. The molecule has 1 saturated carbocycles. The van der Waals surface area contributed by atoms with Crippen molar-refractivity contribution in [1.82, 2.24) is 0 Å². The number of rotatable bonds is 7. The van der Waals surface area contributed by atoms with E-state index in [4.69, 9.17) is 25.8 Å². The van der Waals surface area contributed by atoms with E-state index in [2.05, 4.69) is 0 Å². The molecule has 1 aromatic rings. The molecule has 1 aromatic carbocycles. The molecule has 0 heterocycles. The number of hydrogen-bond donors (Lipinski definition) is 1. The number of aliphatic hydroxyl groups excluding tert-OH is 1. The van der Waals surface area contributed by atoms with E-state index in [0.29, 0.717) is 24.0 Å². The largest absolute Gasteiger partial charge is 0.493 e. The first kappa shape index (κ1) is 15.9. The Morgan fingerprint density at radius 1 is 1.48 bits per heavy atom. The fourth-order valence-corrected chi connectivity index (χ4v) is 2.20. The Morgan fingerprint density at radius 2 is 2.19 bits per heavy atom. The third kappa shape index (κ3) is 3.80. The summed E-state index contributed by atoms with van der Waals surface area (Å²) in [4.78, 5) is 11.8. The highest BCUT2D eigenvalue weighted by Crippen LogP contribution is 2.41. The SMILES string of the molecule is CCOC(=O)C(O)c1c(Cl)ccc(OC)c1OCC1CC1. The number of halogens is 1. The molecule has 2 rings (SSSR count). The van der Waals surface area contributed by atoms with E-state index < -0.39 is 12.1 Å². The molecular weight excluding hydrogens is 296 g/mol. The van der Waals surface area contributed by atoms with Gasteiger partial charge in [-0.1, -0.05) is 11.6 Å². The molecule has 0 spiro atoms. The van der Waals surface area contributed by atoms with Gasteiger partial charge in [0.15, 0.2) is 17.6 Å². The van der Waals surface area contributed by atoms with Crippen LogP contribution < -0.4 is 9.47 Å². The third-order valence-electron chi connectivity index (χ3n) is 3.27. The highest BCUT2D eigenvalue weighted by atomic mass is 35.5. The first-order valence-corrected chi connectivity index (χ1v) is 7.30. The topological polar surface area (TPSA) is 65.0 Å². The Kier molecular flexibility index (Phi) is 5.31. The van der Waals surface area contributed by atoms with E-state index in [-0.39, 0.29) is 17.2 Å². The Labute approximate surface area is 128 Å². The van der Waals surface area contributed by atoms with Gasteiger partial charge < -0.3 is 19.3 Å². The predicted octanol–water partition coefficient (Wildman–Crippen LogP) is 2.73. The van der Waals surface area contributed by atoms with Crippen LogP contribution in [0, 0.1) is 5.92 Å². The van der Waals surface area contributed by atoms with E-state index in [0.717, 1.165) is 12.8 Å². The van der Waals surface area contributed by atoms with Crippen molar-refractivity contribution in [3.05, 3.63) is 22.7 Å². The minimum atomic E-state index is -1.50. The van der Waals surface area contributed by atoms with E-state index in [1.807, 2.05) is 0 Å². The number of carbonyl (C=O) groups is 1. The number of benzene rings is 1. The van der Waals surface area contributed by atoms with Gasteiger partial charge in [-0.3, -0.25) is 0 Å². The smallest absolute Gasteiger partial charge is 0.339 e. The number of carbonyl (C=O) groups excluding carboxylic acids is 1. The number of methoxy groups -OCH3 is 1. The van der Waals surface area contributed by atoms with Crippen LogP contribution in [0.25, 0.3) is 0 Å². The van der Waals surface area contributed by atoms with Crippen molar-refractivity contribution in [3.63, 3.8) is 0 Å². The zero-order chi connectivity index (χ0) is 15.4. The van der Waals surface area contributed by atoms with Crippen LogP contribution in [0.2, 0.25) is 5.02 Å². The monoisotopic (exact) mass is 314 g/mol. The van der Waals surface area contributed by atoms with Crippen molar-refractivity contribution in [3.8, 4) is 11.5 Å². The van der Waals surface area contributed by atoms with Crippen molar-refractivity contribution in [2.24, 2.45) is 5.92 Å². The van der Waals surface area contributed by atoms with Gasteiger partial charge in [-0.05, 0) is 37.8 Å². The van der Waals surface area contributed by atoms with Crippen molar-refractivity contribution in [2.45, 2.75) is 25.9 Å². The molecule has 0 radical (unpaired) electrons. The highest BCUT2D eigenvalue weighted by molar-refractivity contribution is 6.32. The first-order chi connectivity index (χ1) is 10.1. The van der Waals surface area contributed by atoms with Crippen LogP contribution in [-0.2, 0) is 9.53 Å². The summed E-state index contributed by atoms with van der Waals surface area (Å²) in [5.74, 6) is 0.487. The second-order valence-corrected chi connectivity index (χ2v) is 5.31. The molecule has 1 aliphatic rings. The lowest BCUT2D eigenvalue weighted by atomic mass is 10.1. The van der Waals surface area contributed by atoms with E-state index in [1.165, 1.54) is 7.11 Å². The summed E-state index contributed by atoms with van der Waals surface area (Å²) >= 11 is 6.13. The summed E-state index contributed by atoms with van der Waals surface area (Å²) < 4.78 is 15.8. The van der Waals surface area contributed by atoms with Crippen LogP contribution >= 0.6 is 11.6 Å². The van der Waals surface area contributed by atoms with Crippen LogP contribution in [0.1, 0.15) is 31.4 Å². The summed E-state index contributed by atoms with van der Waals surface area (Å²) in [6, 6.07) is 3.20. The van der Waals surface area contributed by atoms with E-state index in [9.17, 15) is 9.90 Å². The lowest BCUT2D eigenvalue weighted by Gasteiger charge is -2.19. The molecule has 1 fully saturated rings. The molecule has 0 aromatic heterocycles. The zero-order valence-electron chi connectivity index (χ0n) is 12.1. The van der Waals surface area contributed by atoms with E-state index in [1.54, 1.807) is 19.1 Å². The van der Waals surface area contributed by atoms with Gasteiger partial charge in [0.05, 0.1) is 30.9 Å². The van der Waals surface area contributed by atoms with Crippen LogP contribution in [0.15, 0.2) is 12.1 Å². The minimum absolute atomic E-state index is 0.176. The first-order valence-electron chi connectivity index (χ1n) is 6.92. The van der Waals surface area contributed by atoms with Gasteiger partial charge in [0.2, 0.25) is 0 Å². The fraction of sp³-hybridized carbons (Fsp3) is 0.533. The summed E-state index contributed by atoms with van der Waals surface area (Å²) in [6.07, 6.45) is 0.749. The normalized spacial score (nSPS) is 15.4. The second kappa shape index (κ2) is 7.00. The average molecular weight is 315 g/mol. The van der Waals surface area contributed by atoms with Gasteiger partial charge in [-0.25, -0.2) is 4.79 Å². The van der Waals surface area contributed by atoms with Crippen molar-refractivity contribution in [2.75, 3.05) is 20.3 Å². The number of esters is 1. The molecule has 1 atom stereocenters. The zero-order valence-corrected chi connectivity index (χ0v) is 12.9. The van der Waals surface area contributed by atoms with Crippen molar-refractivity contribution in [1.29, 1.82) is 0 Å². The van der Waals surface area contributed by atoms with Gasteiger partial charge >= 0.3 is 5.97 Å². The van der Waals surface area contributed by atoms with Gasteiger partial charge in [0, 0.05) is 0 Å². The van der Waals surface area contributed by atoms with Crippen LogP contribution in [0.3, 0.4) is 0 Å². The summed E-state index contributed by atoms with van der Waals surface area (Å²) in [5, 5.41) is 10.4. The van der Waals surface area contributed by atoms with Crippen molar-refractivity contribution < 1.29 is 24.1 Å². The Morgan fingerprint density at radius 3 is 2.76 bits per heavy atom. The molecule has 116 valence electrons. The molecule has 0 bridgehead atoms.